The summed E-state index contributed by atoms with van der Waals surface area (Å²) < 4.78 is 82.5. The third kappa shape index (κ3) is 6.43. The van der Waals surface area contributed by atoms with Gasteiger partial charge in [0, 0.05) is 36.8 Å². The minimum absolute atomic E-state index is 0.0492. The predicted molar refractivity (Wildman–Crippen MR) is 160 cm³/mol. The van der Waals surface area contributed by atoms with Gasteiger partial charge in [0.1, 0.15) is 5.56 Å². The van der Waals surface area contributed by atoms with Crippen molar-refractivity contribution in [3.8, 4) is 0 Å². The summed E-state index contributed by atoms with van der Waals surface area (Å²) in [4.78, 5) is 15.2. The van der Waals surface area contributed by atoms with Gasteiger partial charge in [0.05, 0.1) is 18.8 Å². The molecule has 2 heterocycles. The van der Waals surface area contributed by atoms with Crippen molar-refractivity contribution in [2.75, 3.05) is 18.4 Å². The zero-order chi connectivity index (χ0) is 33.0. The molecule has 5 atom stereocenters. The quantitative estimate of drug-likeness (QED) is 0.158. The number of rotatable bonds is 7. The number of ether oxygens (including phenoxy) is 2. The zero-order valence-electron chi connectivity index (χ0n) is 25.9. The van der Waals surface area contributed by atoms with E-state index in [2.05, 4.69) is 31.0 Å². The van der Waals surface area contributed by atoms with Crippen LogP contribution in [-0.4, -0.2) is 41.1 Å². The molecule has 1 saturated carbocycles. The molecule has 3 fully saturated rings. The zero-order valence-corrected chi connectivity index (χ0v) is 25.9. The molecule has 6 rings (SSSR count). The second-order valence-electron chi connectivity index (χ2n) is 14.0. The molecule has 0 aromatic heterocycles. The summed E-state index contributed by atoms with van der Waals surface area (Å²) in [6, 6.07) is 14.1. The van der Waals surface area contributed by atoms with E-state index in [9.17, 15) is 31.9 Å². The van der Waals surface area contributed by atoms with Gasteiger partial charge in [-0.25, -0.2) is 22.0 Å². The fourth-order valence-corrected chi connectivity index (χ4v) is 7.85. The molecule has 246 valence electrons. The summed E-state index contributed by atoms with van der Waals surface area (Å²) >= 11 is 0. The van der Waals surface area contributed by atoms with E-state index >= 15 is 0 Å². The Kier molecular flexibility index (Phi) is 8.73. The van der Waals surface area contributed by atoms with Crippen LogP contribution in [0.3, 0.4) is 0 Å². The van der Waals surface area contributed by atoms with E-state index in [-0.39, 0.29) is 35.3 Å². The fraction of sp³-hybridized carbons (Fsp3) is 0.457. The van der Waals surface area contributed by atoms with E-state index in [0.717, 1.165) is 36.9 Å². The van der Waals surface area contributed by atoms with E-state index < -0.39 is 46.8 Å². The molecule has 11 heteroatoms. The van der Waals surface area contributed by atoms with Gasteiger partial charge < -0.3 is 19.9 Å². The summed E-state index contributed by atoms with van der Waals surface area (Å²) in [7, 11) is 0. The molecule has 2 aliphatic heterocycles. The number of hydrogen-bond acceptors (Lipinski definition) is 5. The van der Waals surface area contributed by atoms with Crippen LogP contribution < -0.4 is 5.32 Å². The average molecular weight is 645 g/mol. The van der Waals surface area contributed by atoms with Gasteiger partial charge >= 0.3 is 0 Å². The number of hydrogen-bond donors (Lipinski definition) is 2. The van der Waals surface area contributed by atoms with Crippen molar-refractivity contribution in [2.24, 2.45) is 10.8 Å². The fourth-order valence-electron chi connectivity index (χ4n) is 7.85. The van der Waals surface area contributed by atoms with Gasteiger partial charge in [0.15, 0.2) is 29.6 Å². The first-order valence-electron chi connectivity index (χ1n) is 15.4. The van der Waals surface area contributed by atoms with E-state index in [1.54, 1.807) is 12.1 Å². The van der Waals surface area contributed by atoms with Crippen LogP contribution in [0.5, 0.6) is 0 Å². The van der Waals surface area contributed by atoms with Crippen LogP contribution in [0.15, 0.2) is 48.5 Å². The molecule has 2 N–H and O–H groups in total. The lowest BCUT2D eigenvalue weighted by atomic mass is 9.65. The Morgan fingerprint density at radius 3 is 2.26 bits per heavy atom. The second kappa shape index (κ2) is 12.3. The molecule has 6 nitrogen and oxygen atoms in total. The Morgan fingerprint density at radius 2 is 1.59 bits per heavy atom. The van der Waals surface area contributed by atoms with Gasteiger partial charge in [-0.15, -0.1) is 0 Å². The molecule has 3 aliphatic rings. The minimum Gasteiger partial charge on any atom is -0.392 e. The normalized spacial score (nSPS) is 27.5. The number of anilines is 1. The molecule has 0 spiro atoms. The molecule has 5 unspecified atom stereocenters. The van der Waals surface area contributed by atoms with Crippen molar-refractivity contribution in [2.45, 2.75) is 77.6 Å². The number of likely N-dealkylation sites (tertiary alicyclic amines) is 1. The van der Waals surface area contributed by atoms with E-state index in [1.165, 1.54) is 12.1 Å². The van der Waals surface area contributed by atoms with Crippen LogP contribution >= 0.6 is 0 Å². The number of nitrogens with one attached hydrogen (secondary N) is 1. The smallest absolute Gasteiger partial charge is 0.261 e. The first kappa shape index (κ1) is 32.6. The van der Waals surface area contributed by atoms with Crippen LogP contribution in [0.25, 0.3) is 0 Å². The Labute approximate surface area is 264 Å². The predicted octanol–water partition coefficient (Wildman–Crippen LogP) is 7.57. The highest BCUT2D eigenvalue weighted by molar-refractivity contribution is 6.04. The van der Waals surface area contributed by atoms with Crippen molar-refractivity contribution < 1.29 is 41.3 Å². The number of aliphatic hydroxyl groups is 1. The monoisotopic (exact) mass is 644 g/mol. The molecule has 46 heavy (non-hydrogen) atoms. The van der Waals surface area contributed by atoms with Crippen LogP contribution in [0, 0.1) is 39.9 Å². The summed E-state index contributed by atoms with van der Waals surface area (Å²) in [6.07, 6.45) is 2.51. The third-order valence-electron chi connectivity index (χ3n) is 9.43. The lowest BCUT2D eigenvalue weighted by Gasteiger charge is -2.41. The van der Waals surface area contributed by atoms with Crippen molar-refractivity contribution in [3.63, 3.8) is 0 Å². The van der Waals surface area contributed by atoms with Gasteiger partial charge in [-0.1, -0.05) is 57.2 Å². The first-order chi connectivity index (χ1) is 21.8. The Hall–Kier alpha value is -3.38. The number of carbonyl (C=O) groups is 1. The lowest BCUT2D eigenvalue weighted by molar-refractivity contribution is -0.253. The van der Waals surface area contributed by atoms with E-state index in [4.69, 9.17) is 9.47 Å². The Balaban J connectivity index is 1.25. The van der Waals surface area contributed by atoms with Crippen LogP contribution in [0.2, 0.25) is 0 Å². The number of fused-ring (bicyclic) bond motifs is 2. The largest absolute Gasteiger partial charge is 0.392 e. The molecule has 3 aromatic rings. The van der Waals surface area contributed by atoms with Crippen molar-refractivity contribution >= 4 is 11.6 Å². The molecular formula is C35H37F5N2O4. The number of amides is 1. The molecule has 2 saturated heterocycles. The SMILES string of the molecule is CC1(C)CC2CC(C)(CN2CC2CC(c3ccc(CO)cc3)OC(c3cccc(NC(=O)c4c(F)c(F)c(F)c(F)c4F)c3)O2)C1. The summed E-state index contributed by atoms with van der Waals surface area (Å²) in [5.74, 6) is -12.7. The van der Waals surface area contributed by atoms with Crippen LogP contribution in [-0.2, 0) is 16.1 Å². The van der Waals surface area contributed by atoms with E-state index in [0.29, 0.717) is 24.6 Å². The summed E-state index contributed by atoms with van der Waals surface area (Å²) in [5, 5.41) is 11.8. The van der Waals surface area contributed by atoms with Gasteiger partial charge in [-0.3, -0.25) is 9.69 Å². The molecule has 1 amide bonds. The van der Waals surface area contributed by atoms with Crippen LogP contribution in [0.4, 0.5) is 27.6 Å². The topological polar surface area (TPSA) is 71.0 Å². The lowest BCUT2D eigenvalue weighted by Crippen LogP contribution is -2.42. The third-order valence-corrected chi connectivity index (χ3v) is 9.43. The Bertz CT molecular complexity index is 1600. The molecular weight excluding hydrogens is 607 g/mol. The van der Waals surface area contributed by atoms with Gasteiger partial charge in [-0.05, 0) is 53.4 Å². The highest BCUT2D eigenvalue weighted by Gasteiger charge is 2.50. The molecule has 1 aliphatic carbocycles. The first-order valence-corrected chi connectivity index (χ1v) is 15.4. The van der Waals surface area contributed by atoms with Gasteiger partial charge in [0.25, 0.3) is 5.91 Å². The molecule has 3 aromatic carbocycles. The van der Waals surface area contributed by atoms with Crippen molar-refractivity contribution in [1.82, 2.24) is 4.90 Å². The number of halogens is 5. The Morgan fingerprint density at radius 1 is 0.913 bits per heavy atom. The maximum Gasteiger partial charge on any atom is 0.261 e. The number of benzene rings is 3. The molecule has 2 bridgehead atoms. The van der Waals surface area contributed by atoms with Crippen molar-refractivity contribution in [1.29, 1.82) is 0 Å². The highest BCUT2D eigenvalue weighted by Crippen LogP contribution is 2.53. The minimum atomic E-state index is -2.34. The van der Waals surface area contributed by atoms with Gasteiger partial charge in [-0.2, -0.15) is 0 Å². The van der Waals surface area contributed by atoms with Crippen molar-refractivity contribution in [3.05, 3.63) is 99.9 Å². The standard InChI is InChI=1S/C35H37F5N2O4/c1-34(2)13-23-14-35(3,17-34)18-42(23)15-24-12-25(20-9-7-19(16-43)8-10-20)46-33(45-24)21-5-4-6-22(11-21)41-32(44)26-27(36)29(38)31(40)30(39)28(26)37/h4-11,23-25,33,43H,12-18H2,1-3H3,(H,41,44). The highest BCUT2D eigenvalue weighted by atomic mass is 19.2. The number of carbonyl (C=O) groups excluding carboxylic acids is 1. The number of aliphatic hydroxyl groups excluding tert-OH is 1. The number of nitrogens with zero attached hydrogens (tertiary/aromatic N) is 1. The molecule has 0 radical (unpaired) electrons. The van der Waals surface area contributed by atoms with Crippen LogP contribution in [0.1, 0.15) is 85.9 Å². The summed E-state index contributed by atoms with van der Waals surface area (Å²) in [5.41, 5.74) is 1.12. The van der Waals surface area contributed by atoms with E-state index in [1.807, 2.05) is 24.3 Å². The average Bonchev–Trinajstić information content (AvgIpc) is 3.26. The second-order valence-corrected chi connectivity index (χ2v) is 14.0. The maximum absolute atomic E-state index is 14.3. The summed E-state index contributed by atoms with van der Waals surface area (Å²) in [6.45, 7) is 8.58. The maximum atomic E-state index is 14.3. The van der Waals surface area contributed by atoms with Gasteiger partial charge in [0.2, 0.25) is 5.82 Å².